The van der Waals surface area contributed by atoms with Crippen molar-refractivity contribution in [3.8, 4) is 0 Å². The van der Waals surface area contributed by atoms with Gasteiger partial charge in [0, 0.05) is 0 Å². The quantitative estimate of drug-likeness (QED) is 0.660. The Labute approximate surface area is 82.6 Å². The third-order valence-electron chi connectivity index (χ3n) is 4.20. The summed E-state index contributed by atoms with van der Waals surface area (Å²) >= 11 is 0. The molecule has 1 aliphatic rings. The van der Waals surface area contributed by atoms with E-state index in [1.807, 2.05) is 7.05 Å². The van der Waals surface area contributed by atoms with Gasteiger partial charge in [-0.15, -0.1) is 0 Å². The normalized spacial score (nSPS) is 32.5. The van der Waals surface area contributed by atoms with Crippen molar-refractivity contribution >= 4 is 0 Å². The predicted octanol–water partition coefficient (Wildman–Crippen LogP) is 2.98. The van der Waals surface area contributed by atoms with Gasteiger partial charge in [-0.25, -0.2) is 0 Å². The van der Waals surface area contributed by atoms with E-state index in [2.05, 4.69) is 32.7 Å². The Morgan fingerprint density at radius 2 is 2.00 bits per heavy atom. The van der Waals surface area contributed by atoms with Gasteiger partial charge in [0.15, 0.2) is 0 Å². The van der Waals surface area contributed by atoms with Crippen molar-refractivity contribution < 1.29 is 0 Å². The minimum Gasteiger partial charge on any atom is -0.320 e. The first-order chi connectivity index (χ1) is 5.94. The zero-order chi connectivity index (χ0) is 10.1. The lowest BCUT2D eigenvalue weighted by atomic mass is 9.66. The third-order valence-corrected chi connectivity index (χ3v) is 4.20. The maximum atomic E-state index is 4.23. The lowest BCUT2D eigenvalue weighted by Gasteiger charge is -2.39. The monoisotopic (exact) mass is 181 g/mol. The van der Waals surface area contributed by atoms with Gasteiger partial charge in [-0.2, -0.15) is 0 Å². The molecule has 0 spiro atoms. The second kappa shape index (κ2) is 3.45. The first-order valence-electron chi connectivity index (χ1n) is 5.27. The first-order valence-corrected chi connectivity index (χ1v) is 5.27. The van der Waals surface area contributed by atoms with Crippen LogP contribution in [0, 0.1) is 10.8 Å². The zero-order valence-corrected chi connectivity index (χ0v) is 9.54. The highest BCUT2D eigenvalue weighted by Crippen LogP contribution is 2.56. The highest BCUT2D eigenvalue weighted by atomic mass is 14.8. The SMILES string of the molecule is C=C1CCC(C)(C)C1(C)CCNC. The van der Waals surface area contributed by atoms with Crippen molar-refractivity contribution in [1.29, 1.82) is 0 Å². The molecule has 0 aromatic carbocycles. The second-order valence-corrected chi connectivity index (χ2v) is 5.17. The predicted molar refractivity (Wildman–Crippen MR) is 58.8 cm³/mol. The summed E-state index contributed by atoms with van der Waals surface area (Å²) in [6.07, 6.45) is 3.73. The number of nitrogens with one attached hydrogen (secondary N) is 1. The Morgan fingerprint density at radius 1 is 1.38 bits per heavy atom. The standard InChI is InChI=1S/C12H23N/c1-10-6-7-11(2,3)12(10,4)8-9-13-5/h13H,1,6-9H2,2-5H3. The molecule has 0 aliphatic heterocycles. The van der Waals surface area contributed by atoms with Crippen molar-refractivity contribution in [2.24, 2.45) is 10.8 Å². The van der Waals surface area contributed by atoms with Crippen molar-refractivity contribution in [1.82, 2.24) is 5.32 Å². The van der Waals surface area contributed by atoms with E-state index in [4.69, 9.17) is 0 Å². The van der Waals surface area contributed by atoms with Gasteiger partial charge in [0.25, 0.3) is 0 Å². The summed E-state index contributed by atoms with van der Waals surface area (Å²) in [5, 5.41) is 3.24. The zero-order valence-electron chi connectivity index (χ0n) is 9.54. The van der Waals surface area contributed by atoms with Crippen LogP contribution < -0.4 is 5.32 Å². The van der Waals surface area contributed by atoms with Crippen molar-refractivity contribution in [3.63, 3.8) is 0 Å². The van der Waals surface area contributed by atoms with Crippen LogP contribution in [-0.2, 0) is 0 Å². The molecular weight excluding hydrogens is 158 g/mol. The lowest BCUT2D eigenvalue weighted by molar-refractivity contribution is 0.153. The van der Waals surface area contributed by atoms with Crippen LogP contribution >= 0.6 is 0 Å². The van der Waals surface area contributed by atoms with E-state index in [9.17, 15) is 0 Å². The van der Waals surface area contributed by atoms with Crippen LogP contribution in [0.4, 0.5) is 0 Å². The van der Waals surface area contributed by atoms with Crippen molar-refractivity contribution in [2.75, 3.05) is 13.6 Å². The highest BCUT2D eigenvalue weighted by molar-refractivity contribution is 5.20. The number of rotatable bonds is 3. The number of hydrogen-bond donors (Lipinski definition) is 1. The summed E-state index contributed by atoms with van der Waals surface area (Å²) in [6, 6.07) is 0. The third kappa shape index (κ3) is 1.67. The van der Waals surface area contributed by atoms with Gasteiger partial charge in [0.1, 0.15) is 0 Å². The minimum atomic E-state index is 0.343. The largest absolute Gasteiger partial charge is 0.320 e. The van der Waals surface area contributed by atoms with E-state index in [0.717, 1.165) is 6.54 Å². The average molecular weight is 181 g/mol. The van der Waals surface area contributed by atoms with Crippen LogP contribution in [0.2, 0.25) is 0 Å². The Balaban J connectivity index is 2.77. The van der Waals surface area contributed by atoms with E-state index in [1.54, 1.807) is 0 Å². The summed E-state index contributed by atoms with van der Waals surface area (Å²) in [6.45, 7) is 12.5. The average Bonchev–Trinajstić information content (AvgIpc) is 2.27. The van der Waals surface area contributed by atoms with E-state index in [1.165, 1.54) is 24.8 Å². The van der Waals surface area contributed by atoms with E-state index in [-0.39, 0.29) is 0 Å². The molecule has 0 heterocycles. The fourth-order valence-corrected chi connectivity index (χ4v) is 2.38. The lowest BCUT2D eigenvalue weighted by Crippen LogP contribution is -2.33. The van der Waals surface area contributed by atoms with Crippen molar-refractivity contribution in [3.05, 3.63) is 12.2 Å². The molecule has 1 fully saturated rings. The molecule has 1 heteroatoms. The van der Waals surface area contributed by atoms with Crippen LogP contribution in [0.5, 0.6) is 0 Å². The molecule has 1 nitrogen and oxygen atoms in total. The van der Waals surface area contributed by atoms with E-state index >= 15 is 0 Å². The smallest absolute Gasteiger partial charge is 0.00434 e. The van der Waals surface area contributed by atoms with Crippen molar-refractivity contribution in [2.45, 2.75) is 40.0 Å². The summed E-state index contributed by atoms with van der Waals surface area (Å²) in [5.41, 5.74) is 2.23. The molecule has 0 aromatic heterocycles. The molecule has 0 saturated heterocycles. The molecule has 0 amide bonds. The number of hydrogen-bond acceptors (Lipinski definition) is 1. The molecule has 1 atom stereocenters. The molecule has 13 heavy (non-hydrogen) atoms. The maximum Gasteiger partial charge on any atom is -0.00434 e. The van der Waals surface area contributed by atoms with Gasteiger partial charge < -0.3 is 5.32 Å². The molecular formula is C12H23N. The molecule has 1 aliphatic carbocycles. The van der Waals surface area contributed by atoms with Crippen LogP contribution in [0.1, 0.15) is 40.0 Å². The maximum absolute atomic E-state index is 4.23. The fraction of sp³-hybridized carbons (Fsp3) is 0.833. The minimum absolute atomic E-state index is 0.343. The molecule has 0 bridgehead atoms. The molecule has 1 unspecified atom stereocenters. The Bertz CT molecular complexity index is 205. The summed E-state index contributed by atoms with van der Waals surface area (Å²) in [4.78, 5) is 0. The highest BCUT2D eigenvalue weighted by Gasteiger charge is 2.46. The fourth-order valence-electron chi connectivity index (χ4n) is 2.38. The molecule has 1 saturated carbocycles. The Kier molecular flexibility index (Phi) is 2.86. The van der Waals surface area contributed by atoms with Crippen LogP contribution in [0.3, 0.4) is 0 Å². The molecule has 1 rings (SSSR count). The van der Waals surface area contributed by atoms with E-state index < -0.39 is 0 Å². The summed E-state index contributed by atoms with van der Waals surface area (Å²) in [5.74, 6) is 0. The molecule has 1 N–H and O–H groups in total. The molecule has 76 valence electrons. The second-order valence-electron chi connectivity index (χ2n) is 5.17. The number of allylic oxidation sites excluding steroid dienone is 1. The molecule has 0 aromatic rings. The van der Waals surface area contributed by atoms with Crippen LogP contribution in [-0.4, -0.2) is 13.6 Å². The van der Waals surface area contributed by atoms with Gasteiger partial charge in [-0.1, -0.05) is 32.9 Å². The Morgan fingerprint density at radius 3 is 2.38 bits per heavy atom. The van der Waals surface area contributed by atoms with Gasteiger partial charge in [-0.05, 0) is 43.7 Å². The summed E-state index contributed by atoms with van der Waals surface area (Å²) in [7, 11) is 2.02. The first kappa shape index (κ1) is 10.8. The van der Waals surface area contributed by atoms with Gasteiger partial charge in [-0.3, -0.25) is 0 Å². The van der Waals surface area contributed by atoms with Gasteiger partial charge in [0.2, 0.25) is 0 Å². The van der Waals surface area contributed by atoms with Gasteiger partial charge >= 0.3 is 0 Å². The van der Waals surface area contributed by atoms with Crippen LogP contribution in [0.25, 0.3) is 0 Å². The van der Waals surface area contributed by atoms with Gasteiger partial charge in [0.05, 0.1) is 0 Å². The Hall–Kier alpha value is -0.300. The van der Waals surface area contributed by atoms with E-state index in [0.29, 0.717) is 10.8 Å². The van der Waals surface area contributed by atoms with Crippen LogP contribution in [0.15, 0.2) is 12.2 Å². The summed E-state index contributed by atoms with van der Waals surface area (Å²) < 4.78 is 0. The molecule has 0 radical (unpaired) electrons. The topological polar surface area (TPSA) is 12.0 Å².